The maximum atomic E-state index is 13.0. The lowest BCUT2D eigenvalue weighted by Crippen LogP contribution is -2.48. The summed E-state index contributed by atoms with van der Waals surface area (Å²) in [6.07, 6.45) is 4.10. The van der Waals surface area contributed by atoms with Crippen molar-refractivity contribution >= 4 is 21.8 Å². The lowest BCUT2D eigenvalue weighted by Gasteiger charge is -2.33. The molecule has 0 spiro atoms. The van der Waals surface area contributed by atoms with Crippen LogP contribution in [0.4, 0.5) is 5.69 Å². The molecule has 2 aromatic rings. The molecule has 9 heteroatoms. The second-order valence-electron chi connectivity index (χ2n) is 6.61. The molecule has 0 unspecified atom stereocenters. The van der Waals surface area contributed by atoms with Gasteiger partial charge in [-0.1, -0.05) is 42.5 Å². The van der Waals surface area contributed by atoms with Crippen molar-refractivity contribution in [2.75, 3.05) is 39.8 Å². The Balaban J connectivity index is 1.66. The molecule has 8 nitrogen and oxygen atoms in total. The number of rotatable bonds is 7. The smallest absolute Gasteiger partial charge is 0.271 e. The van der Waals surface area contributed by atoms with Gasteiger partial charge < -0.3 is 4.74 Å². The molecule has 3 rings (SSSR count). The highest BCUT2D eigenvalue weighted by atomic mass is 32.2. The fraction of sp³-hybridized carbons (Fsp3) is 0.300. The van der Waals surface area contributed by atoms with Gasteiger partial charge in [-0.15, -0.1) is 0 Å². The molecule has 0 radical (unpaired) electrons. The Bertz CT molecular complexity index is 984. The summed E-state index contributed by atoms with van der Waals surface area (Å²) >= 11 is 0. The molecule has 0 N–H and O–H groups in total. The van der Waals surface area contributed by atoms with Crippen LogP contribution in [0.3, 0.4) is 0 Å². The zero-order valence-electron chi connectivity index (χ0n) is 16.1. The Morgan fingerprint density at radius 1 is 1.10 bits per heavy atom. The number of non-ortho nitro benzene ring substituents is 1. The minimum Gasteiger partial charge on any atom is -0.495 e. The van der Waals surface area contributed by atoms with E-state index in [2.05, 4.69) is 11.0 Å². The first-order valence-electron chi connectivity index (χ1n) is 9.18. The summed E-state index contributed by atoms with van der Waals surface area (Å²) in [5, 5.41) is 11.0. The predicted molar refractivity (Wildman–Crippen MR) is 110 cm³/mol. The number of ether oxygens (including phenoxy) is 1. The number of nitrogens with zero attached hydrogens (tertiary/aromatic N) is 3. The van der Waals surface area contributed by atoms with E-state index in [1.807, 2.05) is 36.4 Å². The van der Waals surface area contributed by atoms with Gasteiger partial charge in [-0.05, 0) is 11.6 Å². The summed E-state index contributed by atoms with van der Waals surface area (Å²) in [6, 6.07) is 13.6. The first-order chi connectivity index (χ1) is 13.9. The van der Waals surface area contributed by atoms with Crippen molar-refractivity contribution < 1.29 is 18.1 Å². The highest BCUT2D eigenvalue weighted by molar-refractivity contribution is 7.89. The van der Waals surface area contributed by atoms with Crippen molar-refractivity contribution in [2.45, 2.75) is 4.90 Å². The van der Waals surface area contributed by atoms with Gasteiger partial charge in [0, 0.05) is 44.9 Å². The van der Waals surface area contributed by atoms with Gasteiger partial charge in [-0.25, -0.2) is 8.42 Å². The van der Waals surface area contributed by atoms with E-state index in [4.69, 9.17) is 4.74 Å². The normalized spacial score (nSPS) is 16.2. The van der Waals surface area contributed by atoms with Gasteiger partial charge in [-0.3, -0.25) is 15.0 Å². The van der Waals surface area contributed by atoms with E-state index in [1.54, 1.807) is 0 Å². The van der Waals surface area contributed by atoms with Crippen molar-refractivity contribution in [3.05, 3.63) is 70.3 Å². The van der Waals surface area contributed by atoms with Crippen molar-refractivity contribution in [1.82, 2.24) is 9.21 Å². The third kappa shape index (κ3) is 5.00. The Labute approximate surface area is 170 Å². The van der Waals surface area contributed by atoms with E-state index < -0.39 is 14.9 Å². The summed E-state index contributed by atoms with van der Waals surface area (Å²) in [4.78, 5) is 12.4. The molecule has 2 aromatic carbocycles. The van der Waals surface area contributed by atoms with Gasteiger partial charge >= 0.3 is 0 Å². The van der Waals surface area contributed by atoms with Gasteiger partial charge in [0.05, 0.1) is 12.0 Å². The summed E-state index contributed by atoms with van der Waals surface area (Å²) < 4.78 is 32.6. The van der Waals surface area contributed by atoms with Gasteiger partial charge in [0.1, 0.15) is 10.6 Å². The van der Waals surface area contributed by atoms with Crippen molar-refractivity contribution in [3.8, 4) is 5.75 Å². The lowest BCUT2D eigenvalue weighted by atomic mass is 10.2. The number of nitro benzene ring substituents is 1. The summed E-state index contributed by atoms with van der Waals surface area (Å²) in [5.74, 6) is 0.101. The van der Waals surface area contributed by atoms with Gasteiger partial charge in [0.2, 0.25) is 10.0 Å². The summed E-state index contributed by atoms with van der Waals surface area (Å²) in [5.41, 5.74) is 0.834. The highest BCUT2D eigenvalue weighted by Crippen LogP contribution is 2.31. The topological polar surface area (TPSA) is 93.0 Å². The second kappa shape index (κ2) is 9.17. The van der Waals surface area contributed by atoms with Crippen LogP contribution in [0.2, 0.25) is 0 Å². The van der Waals surface area contributed by atoms with Crippen LogP contribution in [0.25, 0.3) is 6.08 Å². The van der Waals surface area contributed by atoms with E-state index in [9.17, 15) is 18.5 Å². The number of benzene rings is 2. The largest absolute Gasteiger partial charge is 0.495 e. The van der Waals surface area contributed by atoms with E-state index in [0.717, 1.165) is 18.2 Å². The van der Waals surface area contributed by atoms with Gasteiger partial charge in [-0.2, -0.15) is 4.31 Å². The average molecular weight is 417 g/mol. The zero-order chi connectivity index (χ0) is 20.9. The quantitative estimate of drug-likeness (QED) is 0.508. The molecule has 0 atom stereocenters. The molecule has 0 aromatic heterocycles. The number of sulfonamides is 1. The van der Waals surface area contributed by atoms with Crippen LogP contribution in [0.5, 0.6) is 5.75 Å². The van der Waals surface area contributed by atoms with E-state index >= 15 is 0 Å². The number of hydrogen-bond acceptors (Lipinski definition) is 6. The van der Waals surface area contributed by atoms with Crippen LogP contribution in [0, 0.1) is 10.1 Å². The lowest BCUT2D eigenvalue weighted by molar-refractivity contribution is -0.385. The molecule has 154 valence electrons. The molecular formula is C20H23N3O5S. The molecular weight excluding hydrogens is 394 g/mol. The number of hydrogen-bond donors (Lipinski definition) is 0. The highest BCUT2D eigenvalue weighted by Gasteiger charge is 2.32. The Morgan fingerprint density at radius 2 is 1.79 bits per heavy atom. The van der Waals surface area contributed by atoms with Crippen LogP contribution in [-0.2, 0) is 10.0 Å². The van der Waals surface area contributed by atoms with Gasteiger partial charge in [0.15, 0.2) is 0 Å². The zero-order valence-corrected chi connectivity index (χ0v) is 16.9. The molecule has 1 aliphatic rings. The van der Waals surface area contributed by atoms with Crippen LogP contribution in [0.1, 0.15) is 5.56 Å². The molecule has 0 bridgehead atoms. The predicted octanol–water partition coefficient (Wildman–Crippen LogP) is 2.62. The van der Waals surface area contributed by atoms with Crippen LogP contribution >= 0.6 is 0 Å². The fourth-order valence-corrected chi connectivity index (χ4v) is 4.77. The molecule has 1 saturated heterocycles. The van der Waals surface area contributed by atoms with Crippen molar-refractivity contribution in [1.29, 1.82) is 0 Å². The minimum atomic E-state index is -3.89. The standard InChI is InChI=1S/C20H23N3O5S/c1-28-19-10-9-18(23(24)25)16-20(19)29(26,27)22-14-12-21(13-15-22)11-5-8-17-6-3-2-4-7-17/h2-10,16H,11-15H2,1H3/b8-5+. The Morgan fingerprint density at radius 3 is 2.41 bits per heavy atom. The van der Waals surface area contributed by atoms with Crippen molar-refractivity contribution in [2.24, 2.45) is 0 Å². The summed E-state index contributed by atoms with van der Waals surface area (Å²) in [7, 11) is -2.54. The first kappa shape index (κ1) is 21.0. The van der Waals surface area contributed by atoms with Crippen molar-refractivity contribution in [3.63, 3.8) is 0 Å². The monoisotopic (exact) mass is 417 g/mol. The third-order valence-corrected chi connectivity index (χ3v) is 6.70. The maximum absolute atomic E-state index is 13.0. The van der Waals surface area contributed by atoms with Crippen LogP contribution < -0.4 is 4.74 Å². The van der Waals surface area contributed by atoms with E-state index in [-0.39, 0.29) is 16.3 Å². The minimum absolute atomic E-state index is 0.101. The molecule has 1 heterocycles. The Hall–Kier alpha value is -2.75. The van der Waals surface area contributed by atoms with Gasteiger partial charge in [0.25, 0.3) is 5.69 Å². The maximum Gasteiger partial charge on any atom is 0.271 e. The third-order valence-electron chi connectivity index (χ3n) is 4.78. The molecule has 29 heavy (non-hydrogen) atoms. The SMILES string of the molecule is COc1ccc([N+](=O)[O-])cc1S(=O)(=O)N1CCN(C/C=C/c2ccccc2)CC1. The first-order valence-corrected chi connectivity index (χ1v) is 10.6. The molecule has 0 saturated carbocycles. The number of methoxy groups -OCH3 is 1. The Kier molecular flexibility index (Phi) is 6.63. The molecule has 1 fully saturated rings. The number of nitro groups is 1. The fourth-order valence-electron chi connectivity index (χ4n) is 3.17. The number of piperazine rings is 1. The molecule has 1 aliphatic heterocycles. The average Bonchev–Trinajstić information content (AvgIpc) is 2.74. The second-order valence-corrected chi connectivity index (χ2v) is 8.52. The molecule has 0 aliphatic carbocycles. The van der Waals surface area contributed by atoms with E-state index in [0.29, 0.717) is 26.2 Å². The molecule has 0 amide bonds. The van der Waals surface area contributed by atoms with Crippen LogP contribution in [0.15, 0.2) is 59.5 Å². The van der Waals surface area contributed by atoms with Crippen LogP contribution in [-0.4, -0.2) is 62.4 Å². The van der Waals surface area contributed by atoms with E-state index in [1.165, 1.54) is 23.5 Å². The summed E-state index contributed by atoms with van der Waals surface area (Å²) in [6.45, 7) is 2.51.